The van der Waals surface area contributed by atoms with Crippen LogP contribution in [-0.4, -0.2) is 52.5 Å². The maximum Gasteiger partial charge on any atom is 0.331 e. The zero-order chi connectivity index (χ0) is 21.8. The first-order valence-corrected chi connectivity index (χ1v) is 9.18. The fourth-order valence-corrected chi connectivity index (χ4v) is 2.98. The normalized spacial score (nSPS) is 15.2. The van der Waals surface area contributed by atoms with Crippen LogP contribution in [0.25, 0.3) is 0 Å². The van der Waals surface area contributed by atoms with E-state index in [0.717, 1.165) is 16.4 Å². The molecule has 1 unspecified atom stereocenters. The van der Waals surface area contributed by atoms with E-state index in [-0.39, 0.29) is 0 Å². The van der Waals surface area contributed by atoms with Gasteiger partial charge in [-0.1, -0.05) is 10.3 Å². The predicted octanol–water partition coefficient (Wildman–Crippen LogP) is 2.95. The van der Waals surface area contributed by atoms with Crippen LogP contribution >= 0.6 is 0 Å². The summed E-state index contributed by atoms with van der Waals surface area (Å²) in [6.07, 6.45) is -0.828. The highest BCUT2D eigenvalue weighted by Crippen LogP contribution is 2.42. The number of rotatable bonds is 7. The largest absolute Gasteiger partial charge is 0.493 e. The molecule has 0 saturated carbocycles. The molecule has 0 bridgehead atoms. The van der Waals surface area contributed by atoms with Crippen molar-refractivity contribution in [2.75, 3.05) is 40.3 Å². The number of hydrazone groups is 1. The number of benzene rings is 2. The minimum Gasteiger partial charge on any atom is -0.493 e. The van der Waals surface area contributed by atoms with Gasteiger partial charge in [0.15, 0.2) is 11.5 Å². The van der Waals surface area contributed by atoms with Crippen molar-refractivity contribution in [1.29, 1.82) is 0 Å². The molecule has 9 nitrogen and oxygen atoms in total. The molecule has 160 valence electrons. The molecule has 0 aromatic heterocycles. The lowest BCUT2D eigenvalue weighted by Gasteiger charge is -2.22. The van der Waals surface area contributed by atoms with Crippen LogP contribution in [0.1, 0.15) is 24.3 Å². The fourth-order valence-electron chi connectivity index (χ4n) is 2.98. The van der Waals surface area contributed by atoms with E-state index >= 15 is 0 Å². The van der Waals surface area contributed by atoms with Crippen molar-refractivity contribution in [1.82, 2.24) is 5.17 Å². The molecular weight excluding hydrogens is 390 g/mol. The summed E-state index contributed by atoms with van der Waals surface area (Å²) in [5, 5.41) is 5.47. The van der Waals surface area contributed by atoms with Gasteiger partial charge >= 0.3 is 5.97 Å². The smallest absolute Gasteiger partial charge is 0.331 e. The van der Waals surface area contributed by atoms with E-state index in [1.54, 1.807) is 12.1 Å². The number of hydrogen-bond donors (Lipinski definition) is 0. The molecule has 1 atom stereocenters. The molecule has 0 fully saturated rings. The molecule has 1 aliphatic rings. The van der Waals surface area contributed by atoms with Gasteiger partial charge in [0, 0.05) is 37.8 Å². The lowest BCUT2D eigenvalue weighted by molar-refractivity contribution is -0.218. The predicted molar refractivity (Wildman–Crippen MR) is 111 cm³/mol. The average molecular weight is 415 g/mol. The third kappa shape index (κ3) is 4.19. The topological polar surface area (TPSA) is 82.1 Å². The quantitative estimate of drug-likeness (QED) is 0.683. The van der Waals surface area contributed by atoms with E-state index in [2.05, 4.69) is 5.10 Å². The van der Waals surface area contributed by atoms with Crippen LogP contribution in [0.2, 0.25) is 0 Å². The number of carbonyl (C=O) groups excluding carboxylic acids is 1. The van der Waals surface area contributed by atoms with E-state index in [1.807, 2.05) is 43.3 Å². The van der Waals surface area contributed by atoms with Crippen molar-refractivity contribution in [3.05, 3.63) is 47.5 Å². The summed E-state index contributed by atoms with van der Waals surface area (Å²) < 4.78 is 22.2. The van der Waals surface area contributed by atoms with E-state index < -0.39 is 12.2 Å². The first-order valence-electron chi connectivity index (χ1n) is 9.18. The van der Waals surface area contributed by atoms with Crippen molar-refractivity contribution in [3.8, 4) is 17.2 Å². The first kappa shape index (κ1) is 21.1. The molecule has 0 saturated heterocycles. The third-order valence-corrected chi connectivity index (χ3v) is 4.44. The van der Waals surface area contributed by atoms with E-state index in [1.165, 1.54) is 28.3 Å². The maximum absolute atomic E-state index is 11.6. The van der Waals surface area contributed by atoms with Crippen LogP contribution in [0.5, 0.6) is 17.2 Å². The summed E-state index contributed by atoms with van der Waals surface area (Å²) in [6, 6.07) is 11.1. The van der Waals surface area contributed by atoms with Crippen molar-refractivity contribution in [2.24, 2.45) is 5.10 Å². The third-order valence-electron chi connectivity index (χ3n) is 4.44. The Morgan fingerprint density at radius 3 is 2.10 bits per heavy atom. The summed E-state index contributed by atoms with van der Waals surface area (Å²) in [5.41, 5.74) is 2.39. The van der Waals surface area contributed by atoms with Crippen LogP contribution in [0.15, 0.2) is 41.5 Å². The molecule has 30 heavy (non-hydrogen) atoms. The highest BCUT2D eigenvalue weighted by Gasteiger charge is 2.34. The van der Waals surface area contributed by atoms with Crippen molar-refractivity contribution in [3.63, 3.8) is 0 Å². The molecule has 0 amide bonds. The minimum absolute atomic E-state index is 0.320. The van der Waals surface area contributed by atoms with Crippen LogP contribution in [0, 0.1) is 0 Å². The summed E-state index contributed by atoms with van der Waals surface area (Å²) >= 11 is 0. The highest BCUT2D eigenvalue weighted by molar-refractivity contribution is 5.95. The second kappa shape index (κ2) is 8.81. The minimum atomic E-state index is -0.828. The molecule has 0 aliphatic carbocycles. The van der Waals surface area contributed by atoms with Crippen LogP contribution in [-0.2, 0) is 14.4 Å². The Morgan fingerprint density at radius 1 is 1.03 bits per heavy atom. The average Bonchev–Trinajstić information content (AvgIpc) is 3.15. The number of hydroxylamine groups is 1. The van der Waals surface area contributed by atoms with Gasteiger partial charge < -0.3 is 28.7 Å². The molecule has 2 aromatic rings. The van der Waals surface area contributed by atoms with Gasteiger partial charge in [-0.25, -0.2) is 4.79 Å². The number of ether oxygens (including phenoxy) is 4. The van der Waals surface area contributed by atoms with Crippen molar-refractivity contribution in [2.45, 2.75) is 13.2 Å². The van der Waals surface area contributed by atoms with Gasteiger partial charge in [0.1, 0.15) is 0 Å². The Bertz CT molecular complexity index is 917. The molecule has 2 aromatic carbocycles. The zero-order valence-corrected chi connectivity index (χ0v) is 17.8. The van der Waals surface area contributed by atoms with Crippen LogP contribution in [0.3, 0.4) is 0 Å². The molecule has 3 rings (SSSR count). The van der Waals surface area contributed by atoms with Gasteiger partial charge in [-0.3, -0.25) is 0 Å². The summed E-state index contributed by atoms with van der Waals surface area (Å²) in [5.74, 6) is 1.13. The summed E-state index contributed by atoms with van der Waals surface area (Å²) in [4.78, 5) is 18.9. The lowest BCUT2D eigenvalue weighted by atomic mass is 10.1. The monoisotopic (exact) mass is 415 g/mol. The molecule has 0 radical (unpaired) electrons. The van der Waals surface area contributed by atoms with Gasteiger partial charge in [-0.15, -0.1) is 0 Å². The van der Waals surface area contributed by atoms with Crippen LogP contribution in [0.4, 0.5) is 5.69 Å². The van der Waals surface area contributed by atoms with Gasteiger partial charge in [-0.2, -0.15) is 0 Å². The first-order chi connectivity index (χ1) is 14.4. The van der Waals surface area contributed by atoms with Gasteiger partial charge in [0.2, 0.25) is 11.6 Å². The van der Waals surface area contributed by atoms with E-state index in [4.69, 9.17) is 23.8 Å². The van der Waals surface area contributed by atoms with Gasteiger partial charge in [-0.05, 0) is 36.4 Å². The molecule has 0 spiro atoms. The van der Waals surface area contributed by atoms with Crippen molar-refractivity contribution < 1.29 is 28.6 Å². The standard InChI is InChI=1S/C21H25N3O6/c1-13(25)30-24-21(15-11-17(26-4)19(28-6)18(12-15)27-5)29-20(22-24)14-7-9-16(10-8-14)23(2)3/h7-12,21H,1-6H3. The number of hydrogen-bond acceptors (Lipinski definition) is 9. The number of anilines is 1. The summed E-state index contributed by atoms with van der Waals surface area (Å²) in [6.45, 7) is 1.30. The Balaban J connectivity index is 1.97. The SMILES string of the molecule is COc1cc(C2OC(c3ccc(N(C)C)cc3)=NN2OC(C)=O)cc(OC)c1OC. The van der Waals surface area contributed by atoms with E-state index in [9.17, 15) is 4.79 Å². The maximum atomic E-state index is 11.6. The molecule has 0 N–H and O–H groups in total. The number of nitrogens with zero attached hydrogens (tertiary/aromatic N) is 3. The fraction of sp³-hybridized carbons (Fsp3) is 0.333. The van der Waals surface area contributed by atoms with Gasteiger partial charge in [0.25, 0.3) is 6.23 Å². The number of carbonyl (C=O) groups is 1. The Morgan fingerprint density at radius 2 is 1.63 bits per heavy atom. The van der Waals surface area contributed by atoms with Gasteiger partial charge in [0.05, 0.1) is 21.3 Å². The second-order valence-electron chi connectivity index (χ2n) is 6.66. The summed E-state index contributed by atoms with van der Waals surface area (Å²) in [7, 11) is 8.49. The second-order valence-corrected chi connectivity index (χ2v) is 6.66. The Kier molecular flexibility index (Phi) is 6.20. The molecule has 1 aliphatic heterocycles. The zero-order valence-electron chi connectivity index (χ0n) is 17.8. The highest BCUT2D eigenvalue weighted by atomic mass is 16.8. The molecular formula is C21H25N3O6. The van der Waals surface area contributed by atoms with Crippen LogP contribution < -0.4 is 19.1 Å². The molecule has 9 heteroatoms. The Hall–Kier alpha value is -3.62. The Labute approximate surface area is 175 Å². The van der Waals surface area contributed by atoms with E-state index in [0.29, 0.717) is 28.7 Å². The lowest BCUT2D eigenvalue weighted by Crippen LogP contribution is -2.23. The van der Waals surface area contributed by atoms with Crippen molar-refractivity contribution >= 4 is 17.6 Å². The number of methoxy groups -OCH3 is 3. The molecule has 1 heterocycles.